The number of halogens is 1. The molecule has 4 heteroatoms. The molecule has 1 heterocycles. The molecule has 0 radical (unpaired) electrons. The maximum absolute atomic E-state index is 11.4. The zero-order valence-electron chi connectivity index (χ0n) is 5.72. The van der Waals surface area contributed by atoms with Crippen LogP contribution in [0.25, 0.3) is 0 Å². The van der Waals surface area contributed by atoms with Gasteiger partial charge in [-0.2, -0.15) is 0 Å². The molecule has 0 atom stereocenters. The van der Waals surface area contributed by atoms with E-state index in [0.717, 1.165) is 13.1 Å². The highest BCUT2D eigenvalue weighted by Gasteiger charge is 2.13. The van der Waals surface area contributed by atoms with Gasteiger partial charge in [0, 0.05) is 25.2 Å². The van der Waals surface area contributed by atoms with Crippen molar-refractivity contribution in [3.8, 4) is 0 Å². The highest BCUT2D eigenvalue weighted by molar-refractivity contribution is 5.61. The van der Waals surface area contributed by atoms with Crippen LogP contribution in [-0.4, -0.2) is 32.6 Å². The van der Waals surface area contributed by atoms with Crippen LogP contribution in [0.4, 0.5) is 4.39 Å². The minimum atomic E-state index is -0.472. The lowest BCUT2D eigenvalue weighted by Gasteiger charge is -2.22. The number of hydrogen-bond acceptors (Lipinski definition) is 3. The predicted molar refractivity (Wildman–Crippen MR) is 36.8 cm³/mol. The molecule has 0 bridgehead atoms. The van der Waals surface area contributed by atoms with Crippen LogP contribution < -0.4 is 5.32 Å². The Balaban J connectivity index is 1.94. The van der Waals surface area contributed by atoms with Crippen LogP contribution in [0.5, 0.6) is 0 Å². The molecule has 0 unspecified atom stereocenters. The number of rotatable bonds is 4. The van der Waals surface area contributed by atoms with Gasteiger partial charge in [-0.3, -0.25) is 0 Å². The third kappa shape index (κ3) is 2.31. The first kappa shape index (κ1) is 7.47. The van der Waals surface area contributed by atoms with Gasteiger partial charge in [-0.05, 0) is 0 Å². The summed E-state index contributed by atoms with van der Waals surface area (Å²) in [5, 5.41) is 6.66. The summed E-state index contributed by atoms with van der Waals surface area (Å²) in [5.41, 5.74) is 0. The summed E-state index contributed by atoms with van der Waals surface area (Å²) >= 11 is 0. The van der Waals surface area contributed by atoms with Crippen LogP contribution in [0.2, 0.25) is 0 Å². The molecule has 0 saturated carbocycles. The van der Waals surface area contributed by atoms with Crippen LogP contribution in [0.1, 0.15) is 0 Å². The highest BCUT2D eigenvalue weighted by atomic mass is 19.1. The van der Waals surface area contributed by atoms with Crippen LogP contribution in [0.3, 0.4) is 0 Å². The van der Waals surface area contributed by atoms with Gasteiger partial charge >= 0.3 is 0 Å². The zero-order valence-corrected chi connectivity index (χ0v) is 5.72. The van der Waals surface area contributed by atoms with Crippen molar-refractivity contribution in [2.24, 2.45) is 11.1 Å². The average Bonchev–Trinajstić information content (AvgIpc) is 1.84. The third-order valence-electron chi connectivity index (χ3n) is 1.33. The summed E-state index contributed by atoms with van der Waals surface area (Å²) in [6.45, 7) is 1.52. The second-order valence-corrected chi connectivity index (χ2v) is 2.20. The number of nitrogens with one attached hydrogen (secondary N) is 1. The van der Waals surface area contributed by atoms with Crippen molar-refractivity contribution in [3.05, 3.63) is 0 Å². The summed E-state index contributed by atoms with van der Waals surface area (Å²) in [6, 6.07) is 0. The lowest BCUT2D eigenvalue weighted by molar-refractivity contribution is 0.127. The molecule has 58 valence electrons. The first-order valence-electron chi connectivity index (χ1n) is 3.35. The van der Waals surface area contributed by atoms with Gasteiger partial charge in [0.25, 0.3) is 0 Å². The molecule has 1 saturated heterocycles. The quantitative estimate of drug-likeness (QED) is 0.348. The minimum Gasteiger partial charge on any atom is -0.393 e. The maximum Gasteiger partial charge on any atom is 0.145 e. The fraction of sp³-hybridized carbons (Fsp3) is 0.833. The van der Waals surface area contributed by atoms with Gasteiger partial charge in [0.05, 0.1) is 0 Å². The molecular formula is C6H11FN2O. The van der Waals surface area contributed by atoms with E-state index in [1.54, 1.807) is 6.21 Å². The van der Waals surface area contributed by atoms with E-state index in [9.17, 15) is 4.39 Å². The maximum atomic E-state index is 11.4. The SMILES string of the molecule is FCCON=CC1CNC1. The molecule has 0 amide bonds. The van der Waals surface area contributed by atoms with Crippen LogP contribution in [0.15, 0.2) is 5.16 Å². The Morgan fingerprint density at radius 3 is 3.00 bits per heavy atom. The molecule has 10 heavy (non-hydrogen) atoms. The van der Waals surface area contributed by atoms with Gasteiger partial charge in [-0.25, -0.2) is 4.39 Å². The summed E-state index contributed by atoms with van der Waals surface area (Å²) in [6.07, 6.45) is 1.71. The predicted octanol–water partition coefficient (Wildman–Crippen LogP) is 0.178. The van der Waals surface area contributed by atoms with E-state index in [2.05, 4.69) is 15.3 Å². The van der Waals surface area contributed by atoms with Crippen LogP contribution >= 0.6 is 0 Å². The lowest BCUT2D eigenvalue weighted by Crippen LogP contribution is -2.42. The topological polar surface area (TPSA) is 33.6 Å². The second-order valence-electron chi connectivity index (χ2n) is 2.20. The molecule has 0 aromatic heterocycles. The molecular weight excluding hydrogens is 135 g/mol. The Morgan fingerprint density at radius 2 is 2.50 bits per heavy atom. The monoisotopic (exact) mass is 146 g/mol. The molecule has 1 N–H and O–H groups in total. The van der Waals surface area contributed by atoms with Crippen molar-refractivity contribution in [2.45, 2.75) is 0 Å². The van der Waals surface area contributed by atoms with E-state index in [1.165, 1.54) is 0 Å². The summed E-state index contributed by atoms with van der Waals surface area (Å²) in [7, 11) is 0. The number of hydrogen-bond donors (Lipinski definition) is 1. The molecule has 1 aliphatic rings. The van der Waals surface area contributed by atoms with Gasteiger partial charge in [-0.1, -0.05) is 5.16 Å². The van der Waals surface area contributed by atoms with Crippen LogP contribution in [0, 0.1) is 5.92 Å². The Kier molecular flexibility index (Phi) is 3.15. The normalized spacial score (nSPS) is 19.3. The van der Waals surface area contributed by atoms with E-state index in [0.29, 0.717) is 5.92 Å². The van der Waals surface area contributed by atoms with Crippen molar-refractivity contribution in [3.63, 3.8) is 0 Å². The van der Waals surface area contributed by atoms with Gasteiger partial charge in [0.2, 0.25) is 0 Å². The third-order valence-corrected chi connectivity index (χ3v) is 1.33. The summed E-state index contributed by atoms with van der Waals surface area (Å²) in [5.74, 6) is 0.486. The standard InChI is InChI=1S/C6H11FN2O/c7-1-2-10-9-5-6-3-8-4-6/h5-6,8H,1-4H2. The fourth-order valence-electron chi connectivity index (χ4n) is 0.633. The van der Waals surface area contributed by atoms with E-state index >= 15 is 0 Å². The van der Waals surface area contributed by atoms with E-state index in [-0.39, 0.29) is 6.61 Å². The first-order chi connectivity index (χ1) is 4.93. The number of alkyl halides is 1. The van der Waals surface area contributed by atoms with E-state index in [1.807, 2.05) is 0 Å². The Labute approximate surface area is 59.2 Å². The molecule has 0 aromatic carbocycles. The summed E-state index contributed by atoms with van der Waals surface area (Å²) < 4.78 is 11.4. The Hall–Kier alpha value is -0.640. The fourth-order valence-corrected chi connectivity index (χ4v) is 0.633. The molecule has 0 aromatic rings. The van der Waals surface area contributed by atoms with E-state index in [4.69, 9.17) is 0 Å². The average molecular weight is 146 g/mol. The molecule has 1 rings (SSSR count). The minimum absolute atomic E-state index is 0.0661. The van der Waals surface area contributed by atoms with Gasteiger partial charge in [0.15, 0.2) is 0 Å². The van der Waals surface area contributed by atoms with Gasteiger partial charge < -0.3 is 10.2 Å². The van der Waals surface area contributed by atoms with Crippen molar-refractivity contribution in [1.82, 2.24) is 5.32 Å². The Morgan fingerprint density at radius 1 is 1.70 bits per heavy atom. The number of oxime groups is 1. The van der Waals surface area contributed by atoms with Gasteiger partial charge in [-0.15, -0.1) is 0 Å². The van der Waals surface area contributed by atoms with Crippen molar-refractivity contribution >= 4 is 6.21 Å². The molecule has 0 aliphatic carbocycles. The first-order valence-corrected chi connectivity index (χ1v) is 3.35. The smallest absolute Gasteiger partial charge is 0.145 e. The highest BCUT2D eigenvalue weighted by Crippen LogP contribution is 1.97. The largest absolute Gasteiger partial charge is 0.393 e. The molecule has 3 nitrogen and oxygen atoms in total. The van der Waals surface area contributed by atoms with Crippen molar-refractivity contribution < 1.29 is 9.23 Å². The van der Waals surface area contributed by atoms with Crippen molar-refractivity contribution in [2.75, 3.05) is 26.4 Å². The second kappa shape index (κ2) is 4.22. The van der Waals surface area contributed by atoms with Crippen LogP contribution in [-0.2, 0) is 4.84 Å². The zero-order chi connectivity index (χ0) is 7.23. The lowest BCUT2D eigenvalue weighted by atomic mass is 10.1. The van der Waals surface area contributed by atoms with Gasteiger partial charge in [0.1, 0.15) is 13.3 Å². The molecule has 0 spiro atoms. The van der Waals surface area contributed by atoms with Crippen molar-refractivity contribution in [1.29, 1.82) is 0 Å². The van der Waals surface area contributed by atoms with E-state index < -0.39 is 6.67 Å². The summed E-state index contributed by atoms with van der Waals surface area (Å²) in [4.78, 5) is 4.56. The number of nitrogens with zero attached hydrogens (tertiary/aromatic N) is 1. The molecule has 1 aliphatic heterocycles. The Bertz CT molecular complexity index is 114. The molecule has 1 fully saturated rings.